The lowest BCUT2D eigenvalue weighted by molar-refractivity contribution is 0.599. The van der Waals surface area contributed by atoms with Gasteiger partial charge in [0.15, 0.2) is 0 Å². The first-order chi connectivity index (χ1) is 7.85. The number of nitrogens with one attached hydrogen (secondary N) is 2. The quantitative estimate of drug-likeness (QED) is 0.186. The summed E-state index contributed by atoms with van der Waals surface area (Å²) in [4.78, 5) is 4.28. The standard InChI is InChI=1S/C12H28N4/c1-3-5-6-7-8-9-11-15-12(16-13)14-10-4-2/h3-11,13H2,1-2H3,(H2,14,15,16). The molecule has 0 unspecified atom stereocenters. The molecule has 0 heterocycles. The van der Waals surface area contributed by atoms with Gasteiger partial charge in [0, 0.05) is 13.1 Å². The second-order valence-corrected chi connectivity index (χ2v) is 4.07. The van der Waals surface area contributed by atoms with Crippen LogP contribution in [0.2, 0.25) is 0 Å². The van der Waals surface area contributed by atoms with Crippen LogP contribution in [0.5, 0.6) is 0 Å². The Hall–Kier alpha value is -0.770. The van der Waals surface area contributed by atoms with Crippen LogP contribution in [-0.2, 0) is 0 Å². The van der Waals surface area contributed by atoms with Gasteiger partial charge < -0.3 is 5.32 Å². The highest BCUT2D eigenvalue weighted by molar-refractivity contribution is 5.79. The van der Waals surface area contributed by atoms with Gasteiger partial charge in [0.2, 0.25) is 5.96 Å². The van der Waals surface area contributed by atoms with Crippen LogP contribution in [0.3, 0.4) is 0 Å². The van der Waals surface area contributed by atoms with Crippen LogP contribution in [-0.4, -0.2) is 19.0 Å². The van der Waals surface area contributed by atoms with Crippen LogP contribution in [0.1, 0.15) is 58.8 Å². The number of hydrogen-bond donors (Lipinski definition) is 3. The van der Waals surface area contributed by atoms with Crippen molar-refractivity contribution in [2.75, 3.05) is 13.1 Å². The number of nitrogens with zero attached hydrogens (tertiary/aromatic N) is 1. The summed E-state index contributed by atoms with van der Waals surface area (Å²) in [6.07, 6.45) is 8.90. The molecule has 0 radical (unpaired) electrons. The van der Waals surface area contributed by atoms with Crippen LogP contribution in [0, 0.1) is 0 Å². The highest BCUT2D eigenvalue weighted by Gasteiger charge is 1.94. The second kappa shape index (κ2) is 12.3. The molecular formula is C12H28N4. The zero-order valence-corrected chi connectivity index (χ0v) is 10.9. The van der Waals surface area contributed by atoms with E-state index in [1.54, 1.807) is 0 Å². The molecule has 0 aromatic carbocycles. The van der Waals surface area contributed by atoms with Crippen molar-refractivity contribution in [1.82, 2.24) is 10.7 Å². The zero-order valence-electron chi connectivity index (χ0n) is 10.9. The molecule has 0 aromatic rings. The predicted molar refractivity (Wildman–Crippen MR) is 71.3 cm³/mol. The fourth-order valence-electron chi connectivity index (χ4n) is 1.49. The Morgan fingerprint density at radius 3 is 2.31 bits per heavy atom. The lowest BCUT2D eigenvalue weighted by Gasteiger charge is -2.08. The van der Waals surface area contributed by atoms with Gasteiger partial charge in [0.25, 0.3) is 0 Å². The third kappa shape index (κ3) is 9.77. The van der Waals surface area contributed by atoms with Gasteiger partial charge in [0.1, 0.15) is 0 Å². The maximum atomic E-state index is 5.35. The minimum atomic E-state index is 0.718. The van der Waals surface area contributed by atoms with E-state index < -0.39 is 0 Å². The molecule has 0 saturated heterocycles. The van der Waals surface area contributed by atoms with E-state index >= 15 is 0 Å². The van der Waals surface area contributed by atoms with E-state index in [-0.39, 0.29) is 0 Å². The van der Waals surface area contributed by atoms with E-state index in [2.05, 4.69) is 29.6 Å². The number of nitrogens with two attached hydrogens (primary N) is 1. The summed E-state index contributed by atoms with van der Waals surface area (Å²) < 4.78 is 0. The normalized spacial score (nSPS) is 11.6. The van der Waals surface area contributed by atoms with Crippen molar-refractivity contribution in [1.29, 1.82) is 0 Å². The highest BCUT2D eigenvalue weighted by Crippen LogP contribution is 2.03. The number of hydrogen-bond acceptors (Lipinski definition) is 2. The van der Waals surface area contributed by atoms with Crippen LogP contribution in [0.25, 0.3) is 0 Å². The Balaban J connectivity index is 3.34. The number of aliphatic imine (C=N–C) groups is 1. The molecule has 0 aliphatic rings. The molecule has 0 aromatic heterocycles. The molecule has 0 rings (SSSR count). The molecule has 4 N–H and O–H groups in total. The zero-order chi connectivity index (χ0) is 12.1. The lowest BCUT2D eigenvalue weighted by atomic mass is 10.1. The summed E-state index contributed by atoms with van der Waals surface area (Å²) in [5, 5.41) is 3.21. The minimum Gasteiger partial charge on any atom is -0.355 e. The maximum absolute atomic E-state index is 5.35. The molecule has 0 aliphatic heterocycles. The summed E-state index contributed by atoms with van der Waals surface area (Å²) in [5.41, 5.74) is 2.59. The average Bonchev–Trinajstić information content (AvgIpc) is 2.32. The van der Waals surface area contributed by atoms with Crippen LogP contribution in [0.4, 0.5) is 0 Å². The monoisotopic (exact) mass is 228 g/mol. The van der Waals surface area contributed by atoms with E-state index in [4.69, 9.17) is 5.84 Å². The molecule has 0 aliphatic carbocycles. The van der Waals surface area contributed by atoms with Gasteiger partial charge in [-0.3, -0.25) is 10.4 Å². The van der Waals surface area contributed by atoms with Gasteiger partial charge in [-0.2, -0.15) is 0 Å². The molecule has 4 nitrogen and oxygen atoms in total. The van der Waals surface area contributed by atoms with Gasteiger partial charge in [-0.25, -0.2) is 5.84 Å². The smallest absolute Gasteiger partial charge is 0.205 e. The molecule has 0 fully saturated rings. The van der Waals surface area contributed by atoms with Crippen molar-refractivity contribution in [2.45, 2.75) is 58.8 Å². The topological polar surface area (TPSA) is 62.4 Å². The van der Waals surface area contributed by atoms with Crippen LogP contribution < -0.4 is 16.6 Å². The third-order valence-corrected chi connectivity index (χ3v) is 2.45. The first kappa shape index (κ1) is 15.2. The van der Waals surface area contributed by atoms with Gasteiger partial charge in [-0.05, 0) is 12.8 Å². The van der Waals surface area contributed by atoms with E-state index in [0.29, 0.717) is 0 Å². The van der Waals surface area contributed by atoms with E-state index in [0.717, 1.165) is 25.5 Å². The fraction of sp³-hybridized carbons (Fsp3) is 0.917. The molecule has 0 amide bonds. The third-order valence-electron chi connectivity index (χ3n) is 2.45. The van der Waals surface area contributed by atoms with Crippen molar-refractivity contribution in [3.63, 3.8) is 0 Å². The molecular weight excluding hydrogens is 200 g/mol. The Morgan fingerprint density at radius 2 is 1.69 bits per heavy atom. The first-order valence-electron chi connectivity index (χ1n) is 6.60. The van der Waals surface area contributed by atoms with Crippen molar-refractivity contribution >= 4 is 5.96 Å². The number of rotatable bonds is 9. The van der Waals surface area contributed by atoms with Gasteiger partial charge in [-0.1, -0.05) is 46.0 Å². The minimum absolute atomic E-state index is 0.718. The maximum Gasteiger partial charge on any atom is 0.205 e. The van der Waals surface area contributed by atoms with Gasteiger partial charge >= 0.3 is 0 Å². The first-order valence-corrected chi connectivity index (χ1v) is 6.60. The predicted octanol–water partition coefficient (Wildman–Crippen LogP) is 2.17. The summed E-state index contributed by atoms with van der Waals surface area (Å²) in [7, 11) is 0. The molecule has 0 spiro atoms. The van der Waals surface area contributed by atoms with E-state index in [1.165, 1.54) is 38.5 Å². The molecule has 96 valence electrons. The second-order valence-electron chi connectivity index (χ2n) is 4.07. The van der Waals surface area contributed by atoms with Crippen molar-refractivity contribution < 1.29 is 0 Å². The average molecular weight is 228 g/mol. The van der Waals surface area contributed by atoms with Crippen molar-refractivity contribution in [2.24, 2.45) is 10.8 Å². The van der Waals surface area contributed by atoms with Gasteiger partial charge in [-0.15, -0.1) is 0 Å². The summed E-state index contributed by atoms with van der Waals surface area (Å²) in [6.45, 7) is 6.12. The molecule has 4 heteroatoms. The van der Waals surface area contributed by atoms with Crippen molar-refractivity contribution in [3.05, 3.63) is 0 Å². The van der Waals surface area contributed by atoms with Crippen LogP contribution >= 0.6 is 0 Å². The highest BCUT2D eigenvalue weighted by atomic mass is 15.3. The van der Waals surface area contributed by atoms with Crippen molar-refractivity contribution in [3.8, 4) is 0 Å². The SMILES string of the molecule is CCCCCCCCNC(=NCCC)NN. The Bertz CT molecular complexity index is 168. The molecule has 0 bridgehead atoms. The molecule has 0 atom stereocenters. The van der Waals surface area contributed by atoms with Gasteiger partial charge in [0.05, 0.1) is 0 Å². The summed E-state index contributed by atoms with van der Waals surface area (Å²) in [5.74, 6) is 6.07. The van der Waals surface area contributed by atoms with E-state index in [9.17, 15) is 0 Å². The number of guanidine groups is 1. The lowest BCUT2D eigenvalue weighted by Crippen LogP contribution is -2.42. The summed E-state index contributed by atoms with van der Waals surface area (Å²) >= 11 is 0. The molecule has 16 heavy (non-hydrogen) atoms. The van der Waals surface area contributed by atoms with E-state index in [1.807, 2.05) is 0 Å². The Labute approximate surface area is 100 Å². The Morgan fingerprint density at radius 1 is 1.00 bits per heavy atom. The largest absolute Gasteiger partial charge is 0.355 e. The number of hydrazine groups is 1. The van der Waals surface area contributed by atoms with Crippen LogP contribution in [0.15, 0.2) is 4.99 Å². The molecule has 0 saturated carbocycles. The summed E-state index contributed by atoms with van der Waals surface area (Å²) in [6, 6.07) is 0. The number of unbranched alkanes of at least 4 members (excludes halogenated alkanes) is 5. The Kier molecular flexibility index (Phi) is 11.7. The fourth-order valence-corrected chi connectivity index (χ4v) is 1.49.